The Labute approximate surface area is 71.7 Å². The van der Waals surface area contributed by atoms with E-state index >= 15 is 0 Å². The summed E-state index contributed by atoms with van der Waals surface area (Å²) in [6.07, 6.45) is 1.63. The van der Waals surface area contributed by atoms with Crippen LogP contribution >= 0.6 is 0 Å². The lowest BCUT2D eigenvalue weighted by atomic mass is 10.1. The van der Waals surface area contributed by atoms with Gasteiger partial charge >= 0.3 is 0 Å². The molecular weight excluding hydrogens is 153 g/mol. The zero-order chi connectivity index (χ0) is 9.14. The first-order valence-electron chi connectivity index (χ1n) is 3.79. The molecule has 0 unspecified atom stereocenters. The SMILES string of the molecule is C=C[C@@H](N)c1ccc(F)c(C)c1. The van der Waals surface area contributed by atoms with Crippen molar-refractivity contribution in [2.75, 3.05) is 0 Å². The van der Waals surface area contributed by atoms with E-state index in [4.69, 9.17) is 5.73 Å². The molecule has 12 heavy (non-hydrogen) atoms. The first-order valence-corrected chi connectivity index (χ1v) is 3.79. The van der Waals surface area contributed by atoms with Gasteiger partial charge in [0, 0.05) is 6.04 Å². The molecule has 1 atom stereocenters. The number of nitrogens with two attached hydrogens (primary N) is 1. The minimum Gasteiger partial charge on any atom is -0.321 e. The molecule has 0 radical (unpaired) electrons. The molecule has 0 aliphatic rings. The second kappa shape index (κ2) is 3.50. The highest BCUT2D eigenvalue weighted by Gasteiger charge is 2.03. The number of aryl methyl sites for hydroxylation is 1. The maximum atomic E-state index is 12.8. The second-order valence-electron chi connectivity index (χ2n) is 2.77. The highest BCUT2D eigenvalue weighted by molar-refractivity contribution is 5.28. The second-order valence-corrected chi connectivity index (χ2v) is 2.77. The van der Waals surface area contributed by atoms with Crippen LogP contribution in [0.1, 0.15) is 17.2 Å². The van der Waals surface area contributed by atoms with Crippen LogP contribution in [0.4, 0.5) is 4.39 Å². The molecule has 1 aromatic carbocycles. The molecule has 64 valence electrons. The van der Waals surface area contributed by atoms with Crippen LogP contribution < -0.4 is 5.73 Å². The summed E-state index contributed by atoms with van der Waals surface area (Å²) in [5.74, 6) is -0.199. The van der Waals surface area contributed by atoms with Gasteiger partial charge in [0.15, 0.2) is 0 Å². The zero-order valence-corrected chi connectivity index (χ0v) is 7.05. The summed E-state index contributed by atoms with van der Waals surface area (Å²) in [4.78, 5) is 0. The number of rotatable bonds is 2. The summed E-state index contributed by atoms with van der Waals surface area (Å²) >= 11 is 0. The minimum absolute atomic E-state index is 0.199. The average Bonchev–Trinajstić information content (AvgIpc) is 2.08. The predicted molar refractivity (Wildman–Crippen MR) is 48.3 cm³/mol. The molecule has 0 spiro atoms. The van der Waals surface area contributed by atoms with Crippen molar-refractivity contribution in [3.8, 4) is 0 Å². The molecule has 0 heterocycles. The minimum atomic E-state index is -0.204. The monoisotopic (exact) mass is 165 g/mol. The molecule has 1 nitrogen and oxygen atoms in total. The molecule has 0 aromatic heterocycles. The van der Waals surface area contributed by atoms with Crippen molar-refractivity contribution in [1.82, 2.24) is 0 Å². The Hall–Kier alpha value is -1.15. The number of hydrogen-bond acceptors (Lipinski definition) is 1. The van der Waals surface area contributed by atoms with E-state index in [1.807, 2.05) is 0 Å². The van der Waals surface area contributed by atoms with Crippen molar-refractivity contribution in [3.05, 3.63) is 47.8 Å². The van der Waals surface area contributed by atoms with Crippen LogP contribution in [0.15, 0.2) is 30.9 Å². The molecule has 0 aliphatic heterocycles. The first-order chi connectivity index (χ1) is 5.65. The fourth-order valence-electron chi connectivity index (χ4n) is 1.01. The third-order valence-electron chi connectivity index (χ3n) is 1.82. The Balaban J connectivity index is 3.04. The standard InChI is InChI=1S/C10H12FN/c1-3-10(12)8-4-5-9(11)7(2)6-8/h3-6,10H,1,12H2,2H3/t10-/m1/s1. The van der Waals surface area contributed by atoms with Gasteiger partial charge in [-0.05, 0) is 24.1 Å². The lowest BCUT2D eigenvalue weighted by Gasteiger charge is -2.07. The van der Waals surface area contributed by atoms with Gasteiger partial charge in [-0.3, -0.25) is 0 Å². The van der Waals surface area contributed by atoms with E-state index < -0.39 is 0 Å². The van der Waals surface area contributed by atoms with E-state index in [1.54, 1.807) is 25.1 Å². The van der Waals surface area contributed by atoms with Crippen LogP contribution in [-0.2, 0) is 0 Å². The molecule has 0 saturated carbocycles. The summed E-state index contributed by atoms with van der Waals surface area (Å²) in [5, 5.41) is 0. The summed E-state index contributed by atoms with van der Waals surface area (Å²) in [6, 6.07) is 4.63. The van der Waals surface area contributed by atoms with E-state index in [0.29, 0.717) is 5.56 Å². The van der Waals surface area contributed by atoms with E-state index in [1.165, 1.54) is 6.07 Å². The normalized spacial score (nSPS) is 12.6. The van der Waals surface area contributed by atoms with Crippen LogP contribution in [0, 0.1) is 12.7 Å². The van der Waals surface area contributed by atoms with E-state index in [-0.39, 0.29) is 11.9 Å². The Morgan fingerprint density at radius 2 is 2.25 bits per heavy atom. The van der Waals surface area contributed by atoms with Gasteiger partial charge in [-0.2, -0.15) is 0 Å². The van der Waals surface area contributed by atoms with E-state index in [2.05, 4.69) is 6.58 Å². The molecule has 1 aromatic rings. The molecule has 0 aliphatic carbocycles. The maximum absolute atomic E-state index is 12.8. The Morgan fingerprint density at radius 1 is 1.58 bits per heavy atom. The van der Waals surface area contributed by atoms with Crippen molar-refractivity contribution in [2.24, 2.45) is 5.73 Å². The number of hydrogen-bond donors (Lipinski definition) is 1. The van der Waals surface area contributed by atoms with Crippen molar-refractivity contribution >= 4 is 0 Å². The van der Waals surface area contributed by atoms with Gasteiger partial charge < -0.3 is 5.73 Å². The Kier molecular flexibility index (Phi) is 2.61. The van der Waals surface area contributed by atoms with Crippen LogP contribution in [-0.4, -0.2) is 0 Å². The maximum Gasteiger partial charge on any atom is 0.126 e. The van der Waals surface area contributed by atoms with Crippen LogP contribution in [0.25, 0.3) is 0 Å². The number of benzene rings is 1. The fourth-order valence-corrected chi connectivity index (χ4v) is 1.01. The van der Waals surface area contributed by atoms with Gasteiger partial charge in [-0.15, -0.1) is 6.58 Å². The average molecular weight is 165 g/mol. The molecule has 2 heteroatoms. The molecule has 0 fully saturated rings. The lowest BCUT2D eigenvalue weighted by Crippen LogP contribution is -2.06. The summed E-state index contributed by atoms with van der Waals surface area (Å²) in [5.41, 5.74) is 7.18. The largest absolute Gasteiger partial charge is 0.321 e. The molecule has 0 amide bonds. The molecule has 0 bridgehead atoms. The van der Waals surface area contributed by atoms with Gasteiger partial charge in [-0.1, -0.05) is 18.2 Å². The highest BCUT2D eigenvalue weighted by Crippen LogP contribution is 2.15. The van der Waals surface area contributed by atoms with Crippen LogP contribution in [0.3, 0.4) is 0 Å². The fraction of sp³-hybridized carbons (Fsp3) is 0.200. The van der Waals surface area contributed by atoms with Crippen molar-refractivity contribution < 1.29 is 4.39 Å². The summed E-state index contributed by atoms with van der Waals surface area (Å²) in [7, 11) is 0. The molecule has 1 rings (SSSR count). The Bertz CT molecular complexity index is 294. The van der Waals surface area contributed by atoms with Crippen molar-refractivity contribution in [2.45, 2.75) is 13.0 Å². The van der Waals surface area contributed by atoms with Crippen molar-refractivity contribution in [3.63, 3.8) is 0 Å². The topological polar surface area (TPSA) is 26.0 Å². The third kappa shape index (κ3) is 1.71. The number of halogens is 1. The quantitative estimate of drug-likeness (QED) is 0.669. The third-order valence-corrected chi connectivity index (χ3v) is 1.82. The smallest absolute Gasteiger partial charge is 0.126 e. The lowest BCUT2D eigenvalue weighted by molar-refractivity contribution is 0.617. The first kappa shape index (κ1) is 8.94. The van der Waals surface area contributed by atoms with Gasteiger partial charge in [0.2, 0.25) is 0 Å². The van der Waals surface area contributed by atoms with Crippen molar-refractivity contribution in [1.29, 1.82) is 0 Å². The van der Waals surface area contributed by atoms with Crippen LogP contribution in [0.5, 0.6) is 0 Å². The van der Waals surface area contributed by atoms with E-state index in [0.717, 1.165) is 5.56 Å². The molecule has 0 saturated heterocycles. The summed E-state index contributed by atoms with van der Waals surface area (Å²) < 4.78 is 12.8. The molecular formula is C10H12FN. The van der Waals surface area contributed by atoms with Gasteiger partial charge in [0.05, 0.1) is 0 Å². The van der Waals surface area contributed by atoms with Gasteiger partial charge in [0.1, 0.15) is 5.82 Å². The van der Waals surface area contributed by atoms with Gasteiger partial charge in [-0.25, -0.2) is 4.39 Å². The Morgan fingerprint density at radius 3 is 2.75 bits per heavy atom. The predicted octanol–water partition coefficient (Wildman–Crippen LogP) is 2.32. The van der Waals surface area contributed by atoms with E-state index in [9.17, 15) is 4.39 Å². The highest BCUT2D eigenvalue weighted by atomic mass is 19.1. The van der Waals surface area contributed by atoms with Gasteiger partial charge in [0.25, 0.3) is 0 Å². The summed E-state index contributed by atoms with van der Waals surface area (Å²) in [6.45, 7) is 5.29. The molecule has 2 N–H and O–H groups in total. The van der Waals surface area contributed by atoms with Crippen LogP contribution in [0.2, 0.25) is 0 Å². The zero-order valence-electron chi connectivity index (χ0n) is 7.05.